The zero-order valence-corrected chi connectivity index (χ0v) is 10.4. The second-order valence-corrected chi connectivity index (χ2v) is 5.49. The summed E-state index contributed by atoms with van der Waals surface area (Å²) < 4.78 is 0. The van der Waals surface area contributed by atoms with Gasteiger partial charge in [-0.1, -0.05) is 30.3 Å². The highest BCUT2D eigenvalue weighted by molar-refractivity contribution is 5.14. The second kappa shape index (κ2) is 5.19. The third kappa shape index (κ3) is 2.70. The van der Waals surface area contributed by atoms with Gasteiger partial charge >= 0.3 is 0 Å². The van der Waals surface area contributed by atoms with Crippen LogP contribution >= 0.6 is 0 Å². The first-order valence-electron chi connectivity index (χ1n) is 6.90. The maximum atomic E-state index is 3.55. The summed E-state index contributed by atoms with van der Waals surface area (Å²) in [5, 5.41) is 3.55. The number of likely N-dealkylation sites (tertiary alicyclic amines) is 1. The Morgan fingerprint density at radius 2 is 2.06 bits per heavy atom. The smallest absolute Gasteiger partial charge is 0.0206 e. The van der Waals surface area contributed by atoms with Gasteiger partial charge in [-0.3, -0.25) is 4.90 Å². The van der Waals surface area contributed by atoms with Gasteiger partial charge in [-0.2, -0.15) is 0 Å². The molecule has 1 saturated heterocycles. The SMILES string of the molecule is c1ccc(CNCCN2CC3CCC2C3)cc1. The molecule has 1 aliphatic heterocycles. The molecule has 2 bridgehead atoms. The number of piperidine rings is 1. The van der Waals surface area contributed by atoms with Gasteiger partial charge in [-0.15, -0.1) is 0 Å². The van der Waals surface area contributed by atoms with Crippen LogP contribution in [0.1, 0.15) is 24.8 Å². The Kier molecular flexibility index (Phi) is 3.44. The Balaban J connectivity index is 1.36. The van der Waals surface area contributed by atoms with E-state index >= 15 is 0 Å². The summed E-state index contributed by atoms with van der Waals surface area (Å²) in [6.07, 6.45) is 4.40. The van der Waals surface area contributed by atoms with E-state index in [9.17, 15) is 0 Å². The molecule has 2 fully saturated rings. The third-order valence-corrected chi connectivity index (χ3v) is 4.27. The fourth-order valence-electron chi connectivity index (χ4n) is 3.35. The molecule has 2 heteroatoms. The van der Waals surface area contributed by atoms with Gasteiger partial charge in [0, 0.05) is 32.2 Å². The normalized spacial score (nSPS) is 27.8. The fraction of sp³-hybridized carbons (Fsp3) is 0.600. The summed E-state index contributed by atoms with van der Waals surface area (Å²) in [7, 11) is 0. The summed E-state index contributed by atoms with van der Waals surface area (Å²) in [5.41, 5.74) is 1.38. The number of hydrogen-bond acceptors (Lipinski definition) is 2. The minimum Gasteiger partial charge on any atom is -0.311 e. The molecule has 2 nitrogen and oxygen atoms in total. The summed E-state index contributed by atoms with van der Waals surface area (Å²) >= 11 is 0. The first-order valence-corrected chi connectivity index (χ1v) is 6.90. The average molecular weight is 230 g/mol. The van der Waals surface area contributed by atoms with Gasteiger partial charge in [-0.05, 0) is 30.7 Å². The molecule has 2 atom stereocenters. The number of nitrogens with zero attached hydrogens (tertiary/aromatic N) is 1. The van der Waals surface area contributed by atoms with E-state index in [0.29, 0.717) is 0 Å². The van der Waals surface area contributed by atoms with Gasteiger partial charge in [0.25, 0.3) is 0 Å². The van der Waals surface area contributed by atoms with Gasteiger partial charge in [0.05, 0.1) is 0 Å². The van der Waals surface area contributed by atoms with Crippen LogP contribution in [-0.2, 0) is 6.54 Å². The highest BCUT2D eigenvalue weighted by Gasteiger charge is 2.36. The molecule has 2 unspecified atom stereocenters. The van der Waals surface area contributed by atoms with Crippen LogP contribution in [0.2, 0.25) is 0 Å². The molecule has 1 heterocycles. The van der Waals surface area contributed by atoms with Gasteiger partial charge in [0.1, 0.15) is 0 Å². The van der Waals surface area contributed by atoms with Crippen molar-refractivity contribution in [3.63, 3.8) is 0 Å². The molecular weight excluding hydrogens is 208 g/mol. The lowest BCUT2D eigenvalue weighted by molar-refractivity contribution is 0.214. The van der Waals surface area contributed by atoms with Crippen molar-refractivity contribution in [1.82, 2.24) is 10.2 Å². The summed E-state index contributed by atoms with van der Waals surface area (Å²) in [6.45, 7) is 4.71. The van der Waals surface area contributed by atoms with Crippen molar-refractivity contribution in [1.29, 1.82) is 0 Å². The number of rotatable bonds is 5. The van der Waals surface area contributed by atoms with Gasteiger partial charge < -0.3 is 5.32 Å². The van der Waals surface area contributed by atoms with Crippen LogP contribution < -0.4 is 5.32 Å². The Morgan fingerprint density at radius 3 is 2.76 bits per heavy atom. The fourth-order valence-corrected chi connectivity index (χ4v) is 3.35. The Morgan fingerprint density at radius 1 is 1.18 bits per heavy atom. The van der Waals surface area contributed by atoms with E-state index < -0.39 is 0 Å². The summed E-state index contributed by atoms with van der Waals surface area (Å²) in [5.74, 6) is 1.02. The number of benzene rings is 1. The first kappa shape index (κ1) is 11.2. The first-order chi connectivity index (χ1) is 8.42. The Bertz CT molecular complexity index is 349. The molecule has 1 saturated carbocycles. The van der Waals surface area contributed by atoms with E-state index in [2.05, 4.69) is 40.5 Å². The summed E-state index contributed by atoms with van der Waals surface area (Å²) in [6, 6.07) is 11.6. The third-order valence-electron chi connectivity index (χ3n) is 4.27. The Labute approximate surface area is 104 Å². The van der Waals surface area contributed by atoms with Crippen LogP contribution in [0, 0.1) is 5.92 Å². The van der Waals surface area contributed by atoms with Crippen molar-refractivity contribution in [3.05, 3.63) is 35.9 Å². The lowest BCUT2D eigenvalue weighted by Crippen LogP contribution is -2.37. The van der Waals surface area contributed by atoms with E-state index in [0.717, 1.165) is 25.0 Å². The molecule has 0 spiro atoms. The highest BCUT2D eigenvalue weighted by atomic mass is 15.2. The van der Waals surface area contributed by atoms with Crippen LogP contribution in [0.5, 0.6) is 0 Å². The van der Waals surface area contributed by atoms with Gasteiger partial charge in [0.15, 0.2) is 0 Å². The maximum absolute atomic E-state index is 3.55. The molecule has 17 heavy (non-hydrogen) atoms. The molecule has 1 aliphatic carbocycles. The quantitative estimate of drug-likeness (QED) is 0.781. The average Bonchev–Trinajstić information content (AvgIpc) is 2.98. The van der Waals surface area contributed by atoms with Crippen molar-refractivity contribution in [3.8, 4) is 0 Å². The van der Waals surface area contributed by atoms with Crippen molar-refractivity contribution in [2.75, 3.05) is 19.6 Å². The largest absolute Gasteiger partial charge is 0.311 e. The zero-order valence-electron chi connectivity index (χ0n) is 10.4. The molecule has 1 aromatic carbocycles. The molecule has 0 amide bonds. The van der Waals surface area contributed by atoms with Crippen molar-refractivity contribution < 1.29 is 0 Å². The Hall–Kier alpha value is -0.860. The second-order valence-electron chi connectivity index (χ2n) is 5.49. The number of fused-ring (bicyclic) bond motifs is 2. The van der Waals surface area contributed by atoms with E-state index in [-0.39, 0.29) is 0 Å². The minimum absolute atomic E-state index is 0.915. The van der Waals surface area contributed by atoms with E-state index in [1.165, 1.54) is 37.9 Å². The maximum Gasteiger partial charge on any atom is 0.0206 e. The zero-order chi connectivity index (χ0) is 11.5. The number of nitrogens with one attached hydrogen (secondary N) is 1. The lowest BCUT2D eigenvalue weighted by Gasteiger charge is -2.26. The van der Waals surface area contributed by atoms with Crippen LogP contribution in [-0.4, -0.2) is 30.6 Å². The van der Waals surface area contributed by atoms with Gasteiger partial charge in [-0.25, -0.2) is 0 Å². The van der Waals surface area contributed by atoms with E-state index in [4.69, 9.17) is 0 Å². The molecule has 1 N–H and O–H groups in total. The minimum atomic E-state index is 0.915. The highest BCUT2D eigenvalue weighted by Crippen LogP contribution is 2.36. The predicted octanol–water partition coefficient (Wildman–Crippen LogP) is 2.26. The van der Waals surface area contributed by atoms with Crippen molar-refractivity contribution in [2.45, 2.75) is 31.8 Å². The molecule has 92 valence electrons. The van der Waals surface area contributed by atoms with Crippen LogP contribution in [0.25, 0.3) is 0 Å². The van der Waals surface area contributed by atoms with Crippen LogP contribution in [0.3, 0.4) is 0 Å². The summed E-state index contributed by atoms with van der Waals surface area (Å²) in [4.78, 5) is 2.69. The van der Waals surface area contributed by atoms with E-state index in [1.54, 1.807) is 0 Å². The van der Waals surface area contributed by atoms with Crippen molar-refractivity contribution >= 4 is 0 Å². The van der Waals surface area contributed by atoms with Crippen LogP contribution in [0.15, 0.2) is 30.3 Å². The predicted molar refractivity (Wildman–Crippen MR) is 70.9 cm³/mol. The molecule has 0 aromatic heterocycles. The molecule has 0 radical (unpaired) electrons. The molecule has 3 rings (SSSR count). The molecule has 2 aliphatic rings. The molecular formula is C15H22N2. The molecule has 1 aromatic rings. The standard InChI is InChI=1S/C15H22N2/c1-2-4-13(5-3-1)11-16-8-9-17-12-14-6-7-15(17)10-14/h1-5,14-16H,6-12H2. The van der Waals surface area contributed by atoms with Crippen molar-refractivity contribution in [2.24, 2.45) is 5.92 Å². The lowest BCUT2D eigenvalue weighted by atomic mass is 10.1. The topological polar surface area (TPSA) is 15.3 Å². The van der Waals surface area contributed by atoms with Crippen LogP contribution in [0.4, 0.5) is 0 Å². The van der Waals surface area contributed by atoms with E-state index in [1.807, 2.05) is 0 Å². The number of hydrogen-bond donors (Lipinski definition) is 1. The van der Waals surface area contributed by atoms with Gasteiger partial charge in [0.2, 0.25) is 0 Å². The monoisotopic (exact) mass is 230 g/mol.